The van der Waals surface area contributed by atoms with Crippen molar-refractivity contribution in [2.24, 2.45) is 0 Å². The van der Waals surface area contributed by atoms with E-state index in [0.29, 0.717) is 28.6 Å². The maximum atomic E-state index is 12.1. The molecule has 2 amide bonds. The number of imide groups is 1. The van der Waals surface area contributed by atoms with Crippen molar-refractivity contribution in [3.8, 4) is 0 Å². The Labute approximate surface area is 202 Å². The molecule has 0 unspecified atom stereocenters. The van der Waals surface area contributed by atoms with Crippen LogP contribution in [0.1, 0.15) is 30.4 Å². The van der Waals surface area contributed by atoms with Crippen LogP contribution in [0, 0.1) is 0 Å². The van der Waals surface area contributed by atoms with Gasteiger partial charge in [0.1, 0.15) is 11.6 Å². The molecule has 35 heavy (non-hydrogen) atoms. The molecular formula is C25H27N7O3. The lowest BCUT2D eigenvalue weighted by atomic mass is 10.1. The molecule has 3 N–H and O–H groups in total. The standard InChI is InChI=1S/C25H27N7O3/c33-23-12-17(25(34)30-23)11-18-14-26-32-22(28-19-4-5-19)13-21(29-24(18)32)27-20-3-1-2-16(10-20)15-31-6-8-35-9-7-31/h1-3,10-11,13-14,19,28H,4-9,12,15H2,(H,27,29)(H,30,33,34)/b17-11+. The summed E-state index contributed by atoms with van der Waals surface area (Å²) in [5.74, 6) is 0.857. The molecule has 2 aromatic heterocycles. The molecule has 0 atom stereocenters. The summed E-state index contributed by atoms with van der Waals surface area (Å²) in [6.07, 6.45) is 5.68. The van der Waals surface area contributed by atoms with Gasteiger partial charge in [0, 0.05) is 48.6 Å². The monoisotopic (exact) mass is 473 g/mol. The summed E-state index contributed by atoms with van der Waals surface area (Å²) in [7, 11) is 0. The van der Waals surface area contributed by atoms with Crippen molar-refractivity contribution in [1.29, 1.82) is 0 Å². The van der Waals surface area contributed by atoms with Crippen LogP contribution in [0.25, 0.3) is 11.7 Å². The van der Waals surface area contributed by atoms with Gasteiger partial charge >= 0.3 is 0 Å². The smallest absolute Gasteiger partial charge is 0.254 e. The van der Waals surface area contributed by atoms with Crippen molar-refractivity contribution < 1.29 is 14.3 Å². The summed E-state index contributed by atoms with van der Waals surface area (Å²) in [6.45, 7) is 4.31. The molecule has 4 heterocycles. The summed E-state index contributed by atoms with van der Waals surface area (Å²) < 4.78 is 7.21. The van der Waals surface area contributed by atoms with Gasteiger partial charge in [-0.2, -0.15) is 9.61 Å². The fraction of sp³-hybridized carbons (Fsp3) is 0.360. The number of nitrogens with one attached hydrogen (secondary N) is 3. The molecule has 3 fully saturated rings. The average molecular weight is 474 g/mol. The van der Waals surface area contributed by atoms with Crippen LogP contribution in [0.5, 0.6) is 0 Å². The highest BCUT2D eigenvalue weighted by atomic mass is 16.5. The molecule has 3 aliphatic rings. The van der Waals surface area contributed by atoms with Crippen LogP contribution in [0.4, 0.5) is 17.3 Å². The summed E-state index contributed by atoms with van der Waals surface area (Å²) in [6, 6.07) is 10.7. The van der Waals surface area contributed by atoms with Crippen molar-refractivity contribution in [2.45, 2.75) is 31.8 Å². The van der Waals surface area contributed by atoms with Crippen molar-refractivity contribution in [3.05, 3.63) is 53.2 Å². The fourth-order valence-corrected chi connectivity index (χ4v) is 4.41. The molecule has 2 saturated heterocycles. The number of hydrogen-bond donors (Lipinski definition) is 3. The average Bonchev–Trinajstić information content (AvgIpc) is 3.48. The molecule has 0 spiro atoms. The normalized spacial score (nSPS) is 19.9. The van der Waals surface area contributed by atoms with E-state index in [4.69, 9.17) is 9.72 Å². The van der Waals surface area contributed by atoms with Crippen LogP contribution in [-0.2, 0) is 20.9 Å². The van der Waals surface area contributed by atoms with Gasteiger partial charge in [-0.15, -0.1) is 0 Å². The van der Waals surface area contributed by atoms with E-state index in [2.05, 4.69) is 38.1 Å². The van der Waals surface area contributed by atoms with E-state index in [1.807, 2.05) is 18.2 Å². The third-order valence-corrected chi connectivity index (χ3v) is 6.36. The number of hydrogen-bond acceptors (Lipinski definition) is 8. The van der Waals surface area contributed by atoms with E-state index >= 15 is 0 Å². The molecule has 1 saturated carbocycles. The van der Waals surface area contributed by atoms with E-state index in [1.165, 1.54) is 5.56 Å². The quantitative estimate of drug-likeness (QED) is 0.354. The number of anilines is 3. The van der Waals surface area contributed by atoms with Crippen LogP contribution in [-0.4, -0.2) is 63.7 Å². The summed E-state index contributed by atoms with van der Waals surface area (Å²) in [4.78, 5) is 30.9. The van der Waals surface area contributed by atoms with Gasteiger partial charge in [0.15, 0.2) is 5.65 Å². The lowest BCUT2D eigenvalue weighted by molar-refractivity contribution is -0.124. The van der Waals surface area contributed by atoms with Crippen molar-refractivity contribution in [3.63, 3.8) is 0 Å². The first kappa shape index (κ1) is 21.8. The number of rotatable bonds is 7. The SMILES string of the molecule is O=C1C/C(=C\c2cnn3c(NC4CC4)cc(Nc4cccc(CN5CCOCC5)c4)nc23)C(=O)N1. The minimum absolute atomic E-state index is 0.0667. The molecule has 0 radical (unpaired) electrons. The molecular weight excluding hydrogens is 446 g/mol. The largest absolute Gasteiger partial charge is 0.379 e. The van der Waals surface area contributed by atoms with Crippen LogP contribution >= 0.6 is 0 Å². The maximum absolute atomic E-state index is 12.1. The molecule has 6 rings (SSSR count). The number of fused-ring (bicyclic) bond motifs is 1. The molecule has 3 aromatic rings. The highest BCUT2D eigenvalue weighted by molar-refractivity contribution is 6.15. The summed E-state index contributed by atoms with van der Waals surface area (Å²) in [5.41, 5.74) is 3.89. The molecule has 0 bridgehead atoms. The van der Waals surface area contributed by atoms with E-state index in [9.17, 15) is 9.59 Å². The van der Waals surface area contributed by atoms with Gasteiger partial charge in [0.25, 0.3) is 5.91 Å². The van der Waals surface area contributed by atoms with E-state index in [0.717, 1.165) is 57.2 Å². The second kappa shape index (κ2) is 9.12. The Morgan fingerprint density at radius 1 is 1.17 bits per heavy atom. The first-order valence-corrected chi connectivity index (χ1v) is 12.0. The Morgan fingerprint density at radius 3 is 2.80 bits per heavy atom. The summed E-state index contributed by atoms with van der Waals surface area (Å²) >= 11 is 0. The van der Waals surface area contributed by atoms with Crippen molar-refractivity contribution in [1.82, 2.24) is 24.8 Å². The Hall–Kier alpha value is -3.76. The van der Waals surface area contributed by atoms with Gasteiger partial charge in [0.05, 0.1) is 25.8 Å². The zero-order valence-corrected chi connectivity index (χ0v) is 19.3. The zero-order chi connectivity index (χ0) is 23.8. The zero-order valence-electron chi connectivity index (χ0n) is 19.3. The van der Waals surface area contributed by atoms with Gasteiger partial charge in [-0.05, 0) is 36.6 Å². The number of amides is 2. The van der Waals surface area contributed by atoms with Gasteiger partial charge in [-0.25, -0.2) is 4.98 Å². The number of nitrogens with zero attached hydrogens (tertiary/aromatic N) is 4. The van der Waals surface area contributed by atoms with Crippen LogP contribution in [0.2, 0.25) is 0 Å². The van der Waals surface area contributed by atoms with Crippen LogP contribution in [0.15, 0.2) is 42.1 Å². The third kappa shape index (κ3) is 4.89. The topological polar surface area (TPSA) is 113 Å². The predicted octanol–water partition coefficient (Wildman–Crippen LogP) is 2.31. The van der Waals surface area contributed by atoms with Gasteiger partial charge < -0.3 is 15.4 Å². The van der Waals surface area contributed by atoms with E-state index in [1.54, 1.807) is 16.8 Å². The number of aromatic nitrogens is 3. The minimum Gasteiger partial charge on any atom is -0.379 e. The van der Waals surface area contributed by atoms with Crippen molar-refractivity contribution >= 4 is 40.9 Å². The Morgan fingerprint density at radius 2 is 2.03 bits per heavy atom. The molecule has 2 aliphatic heterocycles. The van der Waals surface area contributed by atoms with E-state index in [-0.39, 0.29) is 18.2 Å². The number of benzene rings is 1. The highest BCUT2D eigenvalue weighted by Crippen LogP contribution is 2.29. The van der Waals surface area contributed by atoms with Gasteiger partial charge in [-0.3, -0.25) is 19.8 Å². The molecule has 10 heteroatoms. The lowest BCUT2D eigenvalue weighted by Crippen LogP contribution is -2.35. The lowest BCUT2D eigenvalue weighted by Gasteiger charge is -2.26. The Bertz CT molecular complexity index is 1320. The third-order valence-electron chi connectivity index (χ3n) is 6.36. The van der Waals surface area contributed by atoms with Gasteiger partial charge in [0.2, 0.25) is 5.91 Å². The van der Waals surface area contributed by atoms with E-state index < -0.39 is 0 Å². The number of ether oxygens (including phenoxy) is 1. The minimum atomic E-state index is -0.364. The number of carbonyl (C=O) groups is 2. The fourth-order valence-electron chi connectivity index (χ4n) is 4.41. The molecule has 180 valence electrons. The van der Waals surface area contributed by atoms with Gasteiger partial charge in [-0.1, -0.05) is 12.1 Å². The Kier molecular flexibility index (Phi) is 5.67. The Balaban J connectivity index is 1.30. The predicted molar refractivity (Wildman–Crippen MR) is 131 cm³/mol. The maximum Gasteiger partial charge on any atom is 0.254 e. The van der Waals surface area contributed by atoms with Crippen LogP contribution in [0.3, 0.4) is 0 Å². The molecule has 1 aliphatic carbocycles. The second-order valence-corrected chi connectivity index (χ2v) is 9.22. The molecule has 1 aromatic carbocycles. The summed E-state index contributed by atoms with van der Waals surface area (Å²) in [5, 5.41) is 13.8. The first-order chi connectivity index (χ1) is 17.1. The molecule has 10 nitrogen and oxygen atoms in total. The number of morpholine rings is 1. The highest BCUT2D eigenvalue weighted by Gasteiger charge is 2.26. The van der Waals surface area contributed by atoms with Crippen LogP contribution < -0.4 is 16.0 Å². The second-order valence-electron chi connectivity index (χ2n) is 9.22. The van der Waals surface area contributed by atoms with Crippen molar-refractivity contribution in [2.75, 3.05) is 36.9 Å². The first-order valence-electron chi connectivity index (χ1n) is 12.0. The number of carbonyl (C=O) groups excluding carboxylic acids is 2.